The van der Waals surface area contributed by atoms with Crippen LogP contribution in [0.3, 0.4) is 0 Å². The van der Waals surface area contributed by atoms with Gasteiger partial charge in [0.05, 0.1) is 44.7 Å². The Bertz CT molecular complexity index is 1750. The third-order valence-corrected chi connectivity index (χ3v) is 19.5. The summed E-state index contributed by atoms with van der Waals surface area (Å²) in [6, 6.07) is 0. The number of rotatable bonds is 14. The third-order valence-electron chi connectivity index (χ3n) is 19.5. The van der Waals surface area contributed by atoms with E-state index in [1.165, 1.54) is 0 Å². The minimum atomic E-state index is -1.66. The van der Waals surface area contributed by atoms with E-state index in [1.807, 2.05) is 26.8 Å². The van der Waals surface area contributed by atoms with Crippen molar-refractivity contribution >= 4 is 0 Å². The lowest BCUT2D eigenvalue weighted by Gasteiger charge is -2.64. The molecule has 2 spiro atoms. The molecule has 27 unspecified atom stereocenters. The second-order valence-corrected chi connectivity index (χ2v) is 22.9. The fraction of sp³-hybridized carbons (Fsp3) is 0.958. The first-order valence-electron chi connectivity index (χ1n) is 24.7. The van der Waals surface area contributed by atoms with Gasteiger partial charge in [0.25, 0.3) is 0 Å². The van der Waals surface area contributed by atoms with E-state index in [2.05, 4.69) is 20.8 Å². The van der Waals surface area contributed by atoms with Crippen LogP contribution in [0.2, 0.25) is 0 Å². The first-order valence-corrected chi connectivity index (χ1v) is 24.7. The molecule has 3 aliphatic heterocycles. The Kier molecular flexibility index (Phi) is 14.9. The number of allylic oxidation sites excluding steroid dienone is 1. The van der Waals surface area contributed by atoms with Gasteiger partial charge < -0.3 is 94.8 Å². The monoisotopic (exact) mass is 961 g/mol. The number of fused-ring (bicyclic) bond motifs is 2. The Hall–Kier alpha value is -1.02. The van der Waals surface area contributed by atoms with Crippen LogP contribution in [0.1, 0.15) is 99.3 Å². The highest BCUT2D eigenvalue weighted by molar-refractivity contribution is 5.32. The Morgan fingerprint density at radius 3 is 1.69 bits per heavy atom. The van der Waals surface area contributed by atoms with Gasteiger partial charge in [0, 0.05) is 5.41 Å². The number of hydrogen-bond donors (Lipinski definition) is 13. The molecule has 0 radical (unpaired) electrons. The molecule has 0 aromatic rings. The SMILES string of the molecule is CC(C)=CCC(OC1OC(CO)C(O)C(O)C1O)C(C)C1C(O)CC2(C)C3CCC4C(C)(COC5OC(CO)C(O)C(O)C5O)C(OC5OC(CO)C(O)C(O)C5O)CCC45CC35CCC12C. The van der Waals surface area contributed by atoms with E-state index >= 15 is 0 Å². The first-order chi connectivity index (χ1) is 31.5. The fourth-order valence-corrected chi connectivity index (χ4v) is 15.8. The predicted molar refractivity (Wildman–Crippen MR) is 233 cm³/mol. The van der Waals surface area contributed by atoms with Crippen LogP contribution in [0.5, 0.6) is 0 Å². The Morgan fingerprint density at radius 1 is 0.612 bits per heavy atom. The molecule has 67 heavy (non-hydrogen) atoms. The zero-order valence-corrected chi connectivity index (χ0v) is 39.7. The van der Waals surface area contributed by atoms with Gasteiger partial charge in [0.1, 0.15) is 73.2 Å². The van der Waals surface area contributed by atoms with Crippen LogP contribution in [0, 0.1) is 50.7 Å². The molecule has 27 atom stereocenters. The molecule has 5 saturated carbocycles. The third kappa shape index (κ3) is 8.23. The summed E-state index contributed by atoms with van der Waals surface area (Å²) in [4.78, 5) is 0. The van der Waals surface area contributed by atoms with Crippen molar-refractivity contribution in [3.63, 3.8) is 0 Å². The average molecular weight is 961 g/mol. The topological polar surface area (TPSA) is 318 Å². The number of ether oxygens (including phenoxy) is 6. The van der Waals surface area contributed by atoms with Crippen molar-refractivity contribution in [3.8, 4) is 0 Å². The Labute approximate surface area is 392 Å². The van der Waals surface area contributed by atoms with Crippen LogP contribution >= 0.6 is 0 Å². The lowest BCUT2D eigenvalue weighted by Crippen LogP contribution is -2.63. The molecule has 8 rings (SSSR count). The van der Waals surface area contributed by atoms with Crippen LogP contribution in [-0.2, 0) is 28.4 Å². The summed E-state index contributed by atoms with van der Waals surface area (Å²) >= 11 is 0. The lowest BCUT2D eigenvalue weighted by atomic mass is 9.41. The lowest BCUT2D eigenvalue weighted by molar-refractivity contribution is -0.340. The van der Waals surface area contributed by atoms with E-state index in [-0.39, 0.29) is 51.9 Å². The summed E-state index contributed by atoms with van der Waals surface area (Å²) in [5, 5.41) is 139. The van der Waals surface area contributed by atoms with E-state index < -0.39 is 136 Å². The number of aliphatic hydroxyl groups excluding tert-OH is 13. The van der Waals surface area contributed by atoms with Gasteiger partial charge in [-0.05, 0) is 117 Å². The second kappa shape index (κ2) is 19.1. The smallest absolute Gasteiger partial charge is 0.186 e. The van der Waals surface area contributed by atoms with E-state index in [1.54, 1.807) is 0 Å². The van der Waals surface area contributed by atoms with Gasteiger partial charge in [-0.1, -0.05) is 39.3 Å². The van der Waals surface area contributed by atoms with Crippen molar-refractivity contribution in [1.82, 2.24) is 0 Å². The van der Waals surface area contributed by atoms with Crippen molar-refractivity contribution in [2.75, 3.05) is 26.4 Å². The van der Waals surface area contributed by atoms with E-state index in [9.17, 15) is 66.4 Å². The molecule has 3 saturated heterocycles. The summed E-state index contributed by atoms with van der Waals surface area (Å²) in [6.07, 6.45) is -15.7. The van der Waals surface area contributed by atoms with Gasteiger partial charge in [-0.25, -0.2) is 0 Å². The van der Waals surface area contributed by atoms with Crippen molar-refractivity contribution in [3.05, 3.63) is 11.6 Å². The summed E-state index contributed by atoms with van der Waals surface area (Å²) in [7, 11) is 0. The predicted octanol–water partition coefficient (Wildman–Crippen LogP) is -1.44. The van der Waals surface area contributed by atoms with Crippen LogP contribution in [-0.4, -0.2) is 203 Å². The van der Waals surface area contributed by atoms with Crippen LogP contribution in [0.15, 0.2) is 11.6 Å². The largest absolute Gasteiger partial charge is 0.394 e. The maximum atomic E-state index is 12.4. The van der Waals surface area contributed by atoms with E-state index in [0.717, 1.165) is 44.1 Å². The molecule has 19 nitrogen and oxygen atoms in total. The maximum Gasteiger partial charge on any atom is 0.186 e. The van der Waals surface area contributed by atoms with Gasteiger partial charge >= 0.3 is 0 Å². The standard InChI is InChI=1S/C48H80O19/c1-21(2)7-8-24(63-42-39(60)36(57)33(54)26(17-50)65-42)22(3)31-23(52)15-46(6)29-10-9-28-44(4,20-62-41-38(59)35(56)32(53)25(16-49)64-41)30(67-43-40(61)37(58)34(55)27(18-51)66-43)11-12-47(28)19-48(29,47)14-13-45(31,46)5/h7,22-43,49-61H,8-20H2,1-6H3. The molecular formula is C48H80O19. The minimum Gasteiger partial charge on any atom is -0.394 e. The number of hydrogen-bond acceptors (Lipinski definition) is 19. The molecule has 0 aromatic heterocycles. The summed E-state index contributed by atoms with van der Waals surface area (Å²) in [6.45, 7) is 10.8. The highest BCUT2D eigenvalue weighted by Gasteiger charge is 2.83. The van der Waals surface area contributed by atoms with Crippen molar-refractivity contribution in [2.45, 2.75) is 210 Å². The molecule has 19 heteroatoms. The van der Waals surface area contributed by atoms with Gasteiger partial charge in [-0.15, -0.1) is 0 Å². The zero-order chi connectivity index (χ0) is 48.9. The average Bonchev–Trinajstić information content (AvgIpc) is 3.91. The summed E-state index contributed by atoms with van der Waals surface area (Å²) in [5.41, 5.74) is -0.830. The quantitative estimate of drug-likeness (QED) is 0.0700. The normalized spacial score (nSPS) is 54.8. The van der Waals surface area contributed by atoms with Gasteiger partial charge in [0.2, 0.25) is 0 Å². The molecule has 0 amide bonds. The van der Waals surface area contributed by atoms with Crippen LogP contribution < -0.4 is 0 Å². The van der Waals surface area contributed by atoms with Crippen molar-refractivity contribution < 1.29 is 94.8 Å². The number of aliphatic hydroxyl groups is 13. The zero-order valence-electron chi connectivity index (χ0n) is 39.7. The van der Waals surface area contributed by atoms with Gasteiger partial charge in [-0.3, -0.25) is 0 Å². The molecule has 386 valence electrons. The molecule has 0 bridgehead atoms. The van der Waals surface area contributed by atoms with E-state index in [4.69, 9.17) is 28.4 Å². The molecule has 5 aliphatic carbocycles. The Balaban J connectivity index is 1.07. The Morgan fingerprint density at radius 2 is 1.12 bits per heavy atom. The van der Waals surface area contributed by atoms with Crippen LogP contribution in [0.4, 0.5) is 0 Å². The molecule has 8 fully saturated rings. The molecular weight excluding hydrogens is 881 g/mol. The van der Waals surface area contributed by atoms with Gasteiger partial charge in [-0.2, -0.15) is 0 Å². The van der Waals surface area contributed by atoms with Gasteiger partial charge in [0.15, 0.2) is 18.9 Å². The summed E-state index contributed by atoms with van der Waals surface area (Å²) < 4.78 is 37.0. The molecule has 3 heterocycles. The highest BCUT2D eigenvalue weighted by Crippen LogP contribution is 2.89. The molecule has 8 aliphatic rings. The van der Waals surface area contributed by atoms with Crippen molar-refractivity contribution in [2.24, 2.45) is 50.7 Å². The fourth-order valence-electron chi connectivity index (χ4n) is 15.8. The van der Waals surface area contributed by atoms with E-state index in [0.29, 0.717) is 19.3 Å². The second-order valence-electron chi connectivity index (χ2n) is 22.9. The highest BCUT2D eigenvalue weighted by atomic mass is 16.7. The first kappa shape index (κ1) is 52.3. The molecule has 13 N–H and O–H groups in total. The summed E-state index contributed by atoms with van der Waals surface area (Å²) in [5.74, 6) is -0.342. The van der Waals surface area contributed by atoms with Crippen molar-refractivity contribution in [1.29, 1.82) is 0 Å². The molecule has 0 aromatic carbocycles. The van der Waals surface area contributed by atoms with Crippen LogP contribution in [0.25, 0.3) is 0 Å². The maximum absolute atomic E-state index is 12.4. The minimum absolute atomic E-state index is 0.0563.